The molecule has 2 nitrogen and oxygen atoms in total. The van der Waals surface area contributed by atoms with E-state index in [1.165, 1.54) is 25.7 Å². The van der Waals surface area contributed by atoms with E-state index >= 15 is 0 Å². The number of rotatable bonds is 9. The summed E-state index contributed by atoms with van der Waals surface area (Å²) < 4.78 is 0. The smallest absolute Gasteiger partial charge is 0.165 e. The summed E-state index contributed by atoms with van der Waals surface area (Å²) in [6, 6.07) is 7.22. The Labute approximate surface area is 115 Å². The SMILES string of the molecule is CCCCCCNCCC(=O)c1ccccc1Cl. The van der Waals surface area contributed by atoms with Crippen LogP contribution in [0.5, 0.6) is 0 Å². The standard InChI is InChI=1S/C15H22ClNO/c1-2-3-4-7-11-17-12-10-15(18)13-8-5-6-9-14(13)16/h5-6,8-9,17H,2-4,7,10-12H2,1H3. The Morgan fingerprint density at radius 2 is 1.94 bits per heavy atom. The predicted molar refractivity (Wildman–Crippen MR) is 77.4 cm³/mol. The number of hydrogen-bond acceptors (Lipinski definition) is 2. The van der Waals surface area contributed by atoms with Gasteiger partial charge in [0, 0.05) is 18.5 Å². The summed E-state index contributed by atoms with van der Waals surface area (Å²) in [5.41, 5.74) is 0.631. The van der Waals surface area contributed by atoms with Gasteiger partial charge >= 0.3 is 0 Å². The quantitative estimate of drug-likeness (QED) is 0.539. The fraction of sp³-hybridized carbons (Fsp3) is 0.533. The summed E-state index contributed by atoms with van der Waals surface area (Å²) in [6.45, 7) is 3.93. The lowest BCUT2D eigenvalue weighted by atomic mass is 10.1. The normalized spacial score (nSPS) is 10.6. The zero-order valence-corrected chi connectivity index (χ0v) is 11.8. The fourth-order valence-corrected chi connectivity index (χ4v) is 2.07. The summed E-state index contributed by atoms with van der Waals surface area (Å²) in [4.78, 5) is 11.9. The number of ketones is 1. The van der Waals surface area contributed by atoms with Gasteiger partial charge in [-0.2, -0.15) is 0 Å². The van der Waals surface area contributed by atoms with E-state index in [4.69, 9.17) is 11.6 Å². The number of benzene rings is 1. The molecule has 0 heterocycles. The van der Waals surface area contributed by atoms with Crippen molar-refractivity contribution in [2.75, 3.05) is 13.1 Å². The third-order valence-electron chi connectivity index (χ3n) is 2.91. The van der Waals surface area contributed by atoms with Gasteiger partial charge in [-0.15, -0.1) is 0 Å². The van der Waals surface area contributed by atoms with Crippen LogP contribution < -0.4 is 5.32 Å². The van der Waals surface area contributed by atoms with Gasteiger partial charge in [0.15, 0.2) is 5.78 Å². The summed E-state index contributed by atoms with van der Waals surface area (Å²) >= 11 is 5.98. The summed E-state index contributed by atoms with van der Waals surface area (Å²) in [5, 5.41) is 3.85. The molecule has 0 aliphatic carbocycles. The van der Waals surface area contributed by atoms with Crippen molar-refractivity contribution < 1.29 is 4.79 Å². The molecule has 0 atom stereocenters. The molecule has 1 aromatic carbocycles. The van der Waals surface area contributed by atoms with Crippen molar-refractivity contribution in [1.82, 2.24) is 5.32 Å². The highest BCUT2D eigenvalue weighted by Crippen LogP contribution is 2.16. The van der Waals surface area contributed by atoms with Gasteiger partial charge in [0.1, 0.15) is 0 Å². The number of halogens is 1. The first-order valence-electron chi connectivity index (χ1n) is 6.74. The van der Waals surface area contributed by atoms with E-state index in [0.29, 0.717) is 17.0 Å². The summed E-state index contributed by atoms with van der Waals surface area (Å²) in [5.74, 6) is 0.113. The Hall–Kier alpha value is -0.860. The molecule has 0 saturated heterocycles. The van der Waals surface area contributed by atoms with Crippen LogP contribution in [0.1, 0.15) is 49.4 Å². The number of carbonyl (C=O) groups excluding carboxylic acids is 1. The van der Waals surface area contributed by atoms with E-state index < -0.39 is 0 Å². The summed E-state index contributed by atoms with van der Waals surface area (Å²) in [7, 11) is 0. The van der Waals surface area contributed by atoms with Crippen LogP contribution >= 0.6 is 11.6 Å². The third kappa shape index (κ3) is 5.65. The Kier molecular flexibility index (Phi) is 7.70. The fourth-order valence-electron chi connectivity index (χ4n) is 1.83. The molecule has 0 bridgehead atoms. The van der Waals surface area contributed by atoms with Gasteiger partial charge in [0.25, 0.3) is 0 Å². The number of hydrogen-bond donors (Lipinski definition) is 1. The minimum absolute atomic E-state index is 0.113. The maximum Gasteiger partial charge on any atom is 0.165 e. The number of carbonyl (C=O) groups is 1. The van der Waals surface area contributed by atoms with Crippen molar-refractivity contribution in [1.29, 1.82) is 0 Å². The van der Waals surface area contributed by atoms with Crippen LogP contribution in [0.4, 0.5) is 0 Å². The van der Waals surface area contributed by atoms with Gasteiger partial charge in [-0.05, 0) is 25.1 Å². The summed E-state index contributed by atoms with van der Waals surface area (Å²) in [6.07, 6.45) is 5.51. The highest BCUT2D eigenvalue weighted by Gasteiger charge is 2.08. The zero-order chi connectivity index (χ0) is 13.2. The van der Waals surface area contributed by atoms with Crippen molar-refractivity contribution in [3.63, 3.8) is 0 Å². The van der Waals surface area contributed by atoms with Crippen LogP contribution in [-0.4, -0.2) is 18.9 Å². The highest BCUT2D eigenvalue weighted by molar-refractivity contribution is 6.33. The Morgan fingerprint density at radius 1 is 1.17 bits per heavy atom. The molecule has 100 valence electrons. The van der Waals surface area contributed by atoms with Crippen molar-refractivity contribution >= 4 is 17.4 Å². The molecule has 0 radical (unpaired) electrons. The molecule has 18 heavy (non-hydrogen) atoms. The van der Waals surface area contributed by atoms with Crippen molar-refractivity contribution in [3.05, 3.63) is 34.9 Å². The average molecular weight is 268 g/mol. The maximum atomic E-state index is 11.9. The molecule has 3 heteroatoms. The molecule has 0 spiro atoms. The van der Waals surface area contributed by atoms with Gasteiger partial charge in [-0.25, -0.2) is 0 Å². The number of nitrogens with one attached hydrogen (secondary N) is 1. The van der Waals surface area contributed by atoms with Crippen molar-refractivity contribution in [2.24, 2.45) is 0 Å². The molecule has 1 aromatic rings. The van der Waals surface area contributed by atoms with Crippen LogP contribution in [0, 0.1) is 0 Å². The lowest BCUT2D eigenvalue weighted by Crippen LogP contribution is -2.19. The molecular formula is C15H22ClNO. The lowest BCUT2D eigenvalue weighted by molar-refractivity contribution is 0.0983. The van der Waals surface area contributed by atoms with E-state index in [-0.39, 0.29) is 5.78 Å². The monoisotopic (exact) mass is 267 g/mol. The largest absolute Gasteiger partial charge is 0.316 e. The molecule has 1 rings (SSSR count). The minimum atomic E-state index is 0.113. The van der Waals surface area contributed by atoms with Gasteiger partial charge < -0.3 is 5.32 Å². The second-order valence-corrected chi connectivity index (χ2v) is 4.87. The molecule has 0 amide bonds. The molecule has 0 aliphatic rings. The van der Waals surface area contributed by atoms with Crippen LogP contribution in [0.25, 0.3) is 0 Å². The first-order valence-corrected chi connectivity index (χ1v) is 7.12. The first kappa shape index (κ1) is 15.2. The molecule has 0 aliphatic heterocycles. The Morgan fingerprint density at radius 3 is 2.67 bits per heavy atom. The average Bonchev–Trinajstić information content (AvgIpc) is 2.38. The molecule has 0 aromatic heterocycles. The minimum Gasteiger partial charge on any atom is -0.316 e. The molecule has 0 unspecified atom stereocenters. The lowest BCUT2D eigenvalue weighted by Gasteiger charge is -2.05. The van der Waals surface area contributed by atoms with Gasteiger partial charge in [0.05, 0.1) is 5.02 Å². The Balaban J connectivity index is 2.16. The third-order valence-corrected chi connectivity index (χ3v) is 3.24. The van der Waals surface area contributed by atoms with E-state index in [1.54, 1.807) is 12.1 Å². The number of unbranched alkanes of at least 4 members (excludes halogenated alkanes) is 3. The van der Waals surface area contributed by atoms with Crippen molar-refractivity contribution in [3.8, 4) is 0 Å². The highest BCUT2D eigenvalue weighted by atomic mass is 35.5. The molecule has 0 fully saturated rings. The molecular weight excluding hydrogens is 246 g/mol. The first-order chi connectivity index (χ1) is 8.75. The zero-order valence-electron chi connectivity index (χ0n) is 11.0. The second kappa shape index (κ2) is 9.12. The van der Waals surface area contributed by atoms with Gasteiger partial charge in [0.2, 0.25) is 0 Å². The van der Waals surface area contributed by atoms with E-state index in [1.807, 2.05) is 12.1 Å². The number of Topliss-reactive ketones (excluding diaryl/α,β-unsaturated/α-hetero) is 1. The van der Waals surface area contributed by atoms with E-state index in [9.17, 15) is 4.79 Å². The van der Waals surface area contributed by atoms with Crippen LogP contribution in [-0.2, 0) is 0 Å². The maximum absolute atomic E-state index is 11.9. The van der Waals surface area contributed by atoms with E-state index in [0.717, 1.165) is 13.1 Å². The van der Waals surface area contributed by atoms with Crippen molar-refractivity contribution in [2.45, 2.75) is 39.0 Å². The second-order valence-electron chi connectivity index (χ2n) is 4.46. The van der Waals surface area contributed by atoms with Crippen LogP contribution in [0.2, 0.25) is 5.02 Å². The Bertz CT molecular complexity index is 365. The van der Waals surface area contributed by atoms with Crippen LogP contribution in [0.15, 0.2) is 24.3 Å². The molecule has 1 N–H and O–H groups in total. The van der Waals surface area contributed by atoms with Crippen LogP contribution in [0.3, 0.4) is 0 Å². The molecule has 0 saturated carbocycles. The van der Waals surface area contributed by atoms with E-state index in [2.05, 4.69) is 12.2 Å². The predicted octanol–water partition coefficient (Wildman–Crippen LogP) is 4.08. The van der Waals surface area contributed by atoms with Gasteiger partial charge in [-0.1, -0.05) is 49.9 Å². The topological polar surface area (TPSA) is 29.1 Å². The van der Waals surface area contributed by atoms with Gasteiger partial charge in [-0.3, -0.25) is 4.79 Å².